The summed E-state index contributed by atoms with van der Waals surface area (Å²) >= 11 is 0. The topological polar surface area (TPSA) is 55.6 Å². The van der Waals surface area contributed by atoms with E-state index in [0.717, 1.165) is 5.92 Å². The number of amides is 1. The summed E-state index contributed by atoms with van der Waals surface area (Å²) in [7, 11) is 2.33. The summed E-state index contributed by atoms with van der Waals surface area (Å²) < 4.78 is 4.58. The van der Waals surface area contributed by atoms with Crippen LogP contribution in [0.1, 0.15) is 52.0 Å². The van der Waals surface area contributed by atoms with Gasteiger partial charge in [0.25, 0.3) is 0 Å². The molecule has 1 aromatic rings. The van der Waals surface area contributed by atoms with E-state index in [4.69, 9.17) is 5.73 Å². The van der Waals surface area contributed by atoms with Crippen molar-refractivity contribution in [3.05, 3.63) is 35.9 Å². The number of fused-ring (bicyclic) bond motifs is 3. The lowest BCUT2D eigenvalue weighted by atomic mass is 9.68. The lowest BCUT2D eigenvalue weighted by molar-refractivity contribution is -0.0152. The molecule has 1 saturated carbocycles. The Morgan fingerprint density at radius 1 is 1.25 bits per heavy atom. The Bertz CT molecular complexity index is 528. The predicted molar refractivity (Wildman–Crippen MR) is 97.9 cm³/mol. The number of hydrogen-bond donors (Lipinski definition) is 1. The van der Waals surface area contributed by atoms with Crippen LogP contribution >= 0.6 is 0 Å². The van der Waals surface area contributed by atoms with E-state index in [1.165, 1.54) is 44.2 Å². The molecule has 1 amide bonds. The molecule has 2 aliphatic heterocycles. The van der Waals surface area contributed by atoms with Gasteiger partial charge in [-0.25, -0.2) is 4.79 Å². The Kier molecular flexibility index (Phi) is 5.92. The van der Waals surface area contributed by atoms with E-state index in [1.54, 1.807) is 20.8 Å². The van der Waals surface area contributed by atoms with Gasteiger partial charge in [0.05, 0.1) is 0 Å². The number of carbonyl (C=O) groups excluding carboxylic acids is 1. The average Bonchev–Trinajstić information content (AvgIpc) is 2.48. The standard InChI is InChI=1S/C15H21N.C5H11NO2/c1-16-12-14-7-9-15(16,10-8-14)11-13-5-3-2-4-6-13;1-5(2,3)8-4(6)7/h2-6,14H,7-12H2,1H3;1-3H3,(H2,6,7). The summed E-state index contributed by atoms with van der Waals surface area (Å²) in [6.45, 7) is 6.61. The summed E-state index contributed by atoms with van der Waals surface area (Å²) in [5.41, 5.74) is 6.26. The SMILES string of the molecule is CC(C)(C)OC(N)=O.CN1CC2CCC1(Cc1ccccc1)CC2. The number of carbonyl (C=O) groups is 1. The minimum Gasteiger partial charge on any atom is -0.444 e. The smallest absolute Gasteiger partial charge is 0.405 e. The highest BCUT2D eigenvalue weighted by Crippen LogP contribution is 2.43. The van der Waals surface area contributed by atoms with E-state index in [1.807, 2.05) is 0 Å². The fourth-order valence-electron chi connectivity index (χ4n) is 3.95. The molecule has 3 fully saturated rings. The predicted octanol–water partition coefficient (Wildman–Crippen LogP) is 3.98. The molecule has 1 aromatic carbocycles. The van der Waals surface area contributed by atoms with E-state index in [-0.39, 0.29) is 0 Å². The molecule has 134 valence electrons. The first-order valence-electron chi connectivity index (χ1n) is 8.94. The summed E-state index contributed by atoms with van der Waals surface area (Å²) in [4.78, 5) is 12.7. The number of primary amides is 1. The molecular weight excluding hydrogens is 300 g/mol. The van der Waals surface area contributed by atoms with Crippen LogP contribution in [0.5, 0.6) is 0 Å². The Morgan fingerprint density at radius 2 is 1.83 bits per heavy atom. The number of hydrogen-bond acceptors (Lipinski definition) is 3. The van der Waals surface area contributed by atoms with Gasteiger partial charge in [-0.15, -0.1) is 0 Å². The van der Waals surface area contributed by atoms with Crippen molar-refractivity contribution in [2.75, 3.05) is 13.6 Å². The Balaban J connectivity index is 0.000000224. The molecule has 4 heteroatoms. The molecule has 1 aliphatic carbocycles. The van der Waals surface area contributed by atoms with E-state index in [9.17, 15) is 4.79 Å². The first-order valence-corrected chi connectivity index (χ1v) is 8.94. The third-order valence-corrected chi connectivity index (χ3v) is 5.16. The Hall–Kier alpha value is -1.55. The van der Waals surface area contributed by atoms with E-state index >= 15 is 0 Å². The number of nitrogens with two attached hydrogens (primary N) is 1. The monoisotopic (exact) mass is 332 g/mol. The van der Waals surface area contributed by atoms with Crippen LogP contribution in [0.3, 0.4) is 0 Å². The van der Waals surface area contributed by atoms with Gasteiger partial charge in [-0.1, -0.05) is 30.3 Å². The van der Waals surface area contributed by atoms with Crippen LogP contribution in [0.4, 0.5) is 4.79 Å². The zero-order chi connectivity index (χ0) is 17.8. The van der Waals surface area contributed by atoms with Crippen molar-refractivity contribution in [2.45, 2.75) is 64.0 Å². The molecule has 0 unspecified atom stereocenters. The molecule has 24 heavy (non-hydrogen) atoms. The van der Waals surface area contributed by atoms with E-state index in [0.29, 0.717) is 5.54 Å². The molecule has 2 saturated heterocycles. The van der Waals surface area contributed by atoms with Crippen molar-refractivity contribution < 1.29 is 9.53 Å². The molecule has 0 spiro atoms. The van der Waals surface area contributed by atoms with Gasteiger partial charge >= 0.3 is 6.09 Å². The van der Waals surface area contributed by atoms with Crippen LogP contribution in [-0.2, 0) is 11.2 Å². The number of nitrogens with zero attached hydrogens (tertiary/aromatic N) is 1. The quantitative estimate of drug-likeness (QED) is 0.891. The molecular formula is C20H32N2O2. The molecule has 2 heterocycles. The fourth-order valence-corrected chi connectivity index (χ4v) is 3.95. The van der Waals surface area contributed by atoms with Gasteiger partial charge in [0, 0.05) is 12.1 Å². The zero-order valence-electron chi connectivity index (χ0n) is 15.5. The van der Waals surface area contributed by atoms with Gasteiger partial charge < -0.3 is 15.4 Å². The molecule has 4 rings (SSSR count). The lowest BCUT2D eigenvalue weighted by Crippen LogP contribution is -2.57. The minimum atomic E-state index is -0.725. The van der Waals surface area contributed by atoms with Gasteiger partial charge in [-0.3, -0.25) is 0 Å². The number of rotatable bonds is 2. The van der Waals surface area contributed by atoms with Gasteiger partial charge in [-0.2, -0.15) is 0 Å². The molecule has 0 aromatic heterocycles. The molecule has 0 atom stereocenters. The zero-order valence-corrected chi connectivity index (χ0v) is 15.5. The largest absolute Gasteiger partial charge is 0.444 e. The fraction of sp³-hybridized carbons (Fsp3) is 0.650. The highest BCUT2D eigenvalue weighted by molar-refractivity contribution is 5.65. The van der Waals surface area contributed by atoms with Crippen LogP contribution in [0, 0.1) is 5.92 Å². The van der Waals surface area contributed by atoms with E-state index < -0.39 is 11.7 Å². The second-order valence-electron chi connectivity index (χ2n) is 8.24. The molecule has 2 N–H and O–H groups in total. The second kappa shape index (κ2) is 7.56. The van der Waals surface area contributed by atoms with Crippen molar-refractivity contribution in [3.8, 4) is 0 Å². The number of ether oxygens (including phenoxy) is 1. The van der Waals surface area contributed by atoms with Crippen molar-refractivity contribution >= 4 is 6.09 Å². The first kappa shape index (κ1) is 18.8. The Labute approximate surface area is 146 Å². The Morgan fingerprint density at radius 3 is 2.25 bits per heavy atom. The molecule has 4 nitrogen and oxygen atoms in total. The van der Waals surface area contributed by atoms with E-state index in [2.05, 4.69) is 47.0 Å². The maximum absolute atomic E-state index is 10.0. The molecule has 3 aliphatic rings. The van der Waals surface area contributed by atoms with Gasteiger partial charge in [0.1, 0.15) is 5.60 Å². The third-order valence-electron chi connectivity index (χ3n) is 5.16. The van der Waals surface area contributed by atoms with Crippen molar-refractivity contribution in [3.63, 3.8) is 0 Å². The van der Waals surface area contributed by atoms with Crippen LogP contribution < -0.4 is 5.73 Å². The summed E-state index contributed by atoms with van der Waals surface area (Å²) in [6, 6.07) is 11.0. The maximum Gasteiger partial charge on any atom is 0.405 e. The highest BCUT2D eigenvalue weighted by Gasteiger charge is 2.43. The van der Waals surface area contributed by atoms with Gasteiger partial charge in [0.15, 0.2) is 0 Å². The first-order chi connectivity index (χ1) is 11.2. The highest BCUT2D eigenvalue weighted by atomic mass is 16.6. The van der Waals surface area contributed by atoms with Crippen LogP contribution in [0.2, 0.25) is 0 Å². The number of likely N-dealkylation sites (N-methyl/N-ethyl adjacent to an activating group) is 1. The molecule has 0 radical (unpaired) electrons. The van der Waals surface area contributed by atoms with Gasteiger partial charge in [0.2, 0.25) is 0 Å². The van der Waals surface area contributed by atoms with Crippen LogP contribution in [-0.4, -0.2) is 35.7 Å². The number of piperidine rings is 2. The lowest BCUT2D eigenvalue weighted by Gasteiger charge is -2.53. The van der Waals surface area contributed by atoms with Crippen molar-refractivity contribution in [1.82, 2.24) is 4.90 Å². The van der Waals surface area contributed by atoms with Crippen LogP contribution in [0.25, 0.3) is 0 Å². The van der Waals surface area contributed by atoms with Crippen LogP contribution in [0.15, 0.2) is 30.3 Å². The molecule has 2 bridgehead atoms. The van der Waals surface area contributed by atoms with Crippen molar-refractivity contribution in [2.24, 2.45) is 11.7 Å². The second-order valence-corrected chi connectivity index (χ2v) is 8.24. The minimum absolute atomic E-state index is 0.453. The summed E-state index contributed by atoms with van der Waals surface area (Å²) in [6.07, 6.45) is 6.25. The average molecular weight is 332 g/mol. The third kappa shape index (κ3) is 5.23. The normalized spacial score (nSPS) is 26.4. The summed E-state index contributed by atoms with van der Waals surface area (Å²) in [5.74, 6) is 0.989. The maximum atomic E-state index is 10.0. The summed E-state index contributed by atoms with van der Waals surface area (Å²) in [5, 5.41) is 0. The van der Waals surface area contributed by atoms with Crippen molar-refractivity contribution in [1.29, 1.82) is 0 Å². The van der Waals surface area contributed by atoms with Gasteiger partial charge in [-0.05, 0) is 71.4 Å². The number of benzene rings is 1.